The third-order valence-corrected chi connectivity index (χ3v) is 8.66. The number of nitrogens with zero attached hydrogens (tertiary/aromatic N) is 5. The van der Waals surface area contributed by atoms with E-state index >= 15 is 0 Å². The van der Waals surface area contributed by atoms with E-state index < -0.39 is 11.9 Å². The fourth-order valence-electron chi connectivity index (χ4n) is 5.55. The molecule has 1 unspecified atom stereocenters. The van der Waals surface area contributed by atoms with Gasteiger partial charge in [0.2, 0.25) is 5.91 Å². The fraction of sp³-hybridized carbons (Fsp3) is 0.519. The van der Waals surface area contributed by atoms with Crippen molar-refractivity contribution >= 4 is 17.2 Å². The van der Waals surface area contributed by atoms with Gasteiger partial charge in [0.25, 0.3) is 0 Å². The first-order valence-electron chi connectivity index (χ1n) is 12.8. The number of carbonyl (C=O) groups excluding carboxylic acids is 1. The molecule has 10 heteroatoms. The Balaban J connectivity index is 1.15. The highest BCUT2D eigenvalue weighted by molar-refractivity contribution is 7.09. The Kier molecular flexibility index (Phi) is 7.40. The summed E-state index contributed by atoms with van der Waals surface area (Å²) in [5.74, 6) is 0.0966. The molecule has 0 N–H and O–H groups in total. The number of rotatable bonds is 6. The Morgan fingerprint density at radius 3 is 2.68 bits per heavy atom. The Hall–Kier alpha value is -2.72. The molecule has 0 radical (unpaired) electrons. The Morgan fingerprint density at radius 1 is 1.19 bits per heavy atom. The summed E-state index contributed by atoms with van der Waals surface area (Å²) in [6.07, 6.45) is 0.604. The molecule has 2 aromatic heterocycles. The van der Waals surface area contributed by atoms with Gasteiger partial charge in [-0.3, -0.25) is 14.4 Å². The van der Waals surface area contributed by atoms with Gasteiger partial charge in [0, 0.05) is 42.7 Å². The van der Waals surface area contributed by atoms with Gasteiger partial charge in [-0.15, -0.1) is 11.3 Å². The van der Waals surface area contributed by atoms with E-state index in [9.17, 15) is 18.0 Å². The fourth-order valence-corrected chi connectivity index (χ4v) is 6.53. The van der Waals surface area contributed by atoms with E-state index in [1.54, 1.807) is 16.2 Å². The third-order valence-electron chi connectivity index (χ3n) is 7.60. The minimum absolute atomic E-state index is 0.176. The summed E-state index contributed by atoms with van der Waals surface area (Å²) >= 11 is 1.69. The van der Waals surface area contributed by atoms with Crippen LogP contribution >= 0.6 is 11.3 Å². The van der Waals surface area contributed by atoms with Crippen molar-refractivity contribution in [2.45, 2.75) is 70.3 Å². The zero-order chi connectivity index (χ0) is 26.2. The van der Waals surface area contributed by atoms with Crippen LogP contribution in [-0.2, 0) is 30.5 Å². The van der Waals surface area contributed by atoms with Crippen LogP contribution in [0.25, 0.3) is 0 Å². The van der Waals surface area contributed by atoms with Gasteiger partial charge in [0.1, 0.15) is 6.54 Å². The summed E-state index contributed by atoms with van der Waals surface area (Å²) in [4.78, 5) is 21.8. The van der Waals surface area contributed by atoms with Crippen LogP contribution in [0.1, 0.15) is 70.9 Å². The molecule has 1 fully saturated rings. The lowest BCUT2D eigenvalue weighted by Crippen LogP contribution is -2.40. The van der Waals surface area contributed by atoms with Gasteiger partial charge in [-0.05, 0) is 63.3 Å². The molecular formula is C27H32F3N5OS. The average Bonchev–Trinajstić information content (AvgIpc) is 3.50. The predicted octanol–water partition coefficient (Wildman–Crippen LogP) is 5.58. The number of aryl methyl sites for hydroxylation is 2. The van der Waals surface area contributed by atoms with Crippen LogP contribution < -0.4 is 0 Å². The lowest BCUT2D eigenvalue weighted by atomic mass is 9.87. The SMILES string of the molecule is Cc1cc(C(F)(F)F)nn1CC(=O)N1CCC(c2nc(CN(C)C3CCCc4ccccc43)cs2)CC1. The van der Waals surface area contributed by atoms with E-state index in [0.717, 1.165) is 53.7 Å². The number of piperidine rings is 1. The van der Waals surface area contributed by atoms with Crippen molar-refractivity contribution in [2.24, 2.45) is 0 Å². The van der Waals surface area contributed by atoms with Crippen molar-refractivity contribution in [1.82, 2.24) is 24.6 Å². The number of thiazole rings is 1. The van der Waals surface area contributed by atoms with E-state index in [4.69, 9.17) is 4.98 Å². The summed E-state index contributed by atoms with van der Waals surface area (Å²) in [6.45, 7) is 3.31. The molecule has 2 aliphatic rings. The van der Waals surface area contributed by atoms with Crippen LogP contribution in [0.15, 0.2) is 35.7 Å². The smallest absolute Gasteiger partial charge is 0.341 e. The number of hydrogen-bond acceptors (Lipinski definition) is 5. The molecule has 198 valence electrons. The van der Waals surface area contributed by atoms with Gasteiger partial charge in [-0.25, -0.2) is 4.98 Å². The number of fused-ring (bicyclic) bond motifs is 1. The number of alkyl halides is 3. The largest absolute Gasteiger partial charge is 0.435 e. The van der Waals surface area contributed by atoms with Crippen molar-refractivity contribution in [2.75, 3.05) is 20.1 Å². The first kappa shape index (κ1) is 25.9. The van der Waals surface area contributed by atoms with Crippen molar-refractivity contribution in [3.63, 3.8) is 0 Å². The molecule has 1 amide bonds. The number of halogens is 3. The number of likely N-dealkylation sites (tertiary alicyclic amines) is 1. The highest BCUT2D eigenvalue weighted by Gasteiger charge is 2.35. The van der Waals surface area contributed by atoms with Gasteiger partial charge >= 0.3 is 6.18 Å². The average molecular weight is 532 g/mol. The molecule has 1 saturated heterocycles. The van der Waals surface area contributed by atoms with Crippen LogP contribution in [0.4, 0.5) is 13.2 Å². The highest BCUT2D eigenvalue weighted by atomic mass is 32.1. The maximum absolute atomic E-state index is 12.9. The van der Waals surface area contributed by atoms with Crippen molar-refractivity contribution < 1.29 is 18.0 Å². The molecule has 0 spiro atoms. The molecule has 1 aliphatic heterocycles. The summed E-state index contributed by atoms with van der Waals surface area (Å²) in [7, 11) is 2.18. The predicted molar refractivity (Wildman–Crippen MR) is 136 cm³/mol. The molecule has 37 heavy (non-hydrogen) atoms. The lowest BCUT2D eigenvalue weighted by molar-refractivity contribution is -0.142. The molecule has 6 nitrogen and oxygen atoms in total. The second kappa shape index (κ2) is 10.6. The van der Waals surface area contributed by atoms with E-state index in [-0.39, 0.29) is 12.5 Å². The summed E-state index contributed by atoms with van der Waals surface area (Å²) in [5.41, 5.74) is 3.33. The normalized spacial score (nSPS) is 18.9. The van der Waals surface area contributed by atoms with Gasteiger partial charge in [-0.1, -0.05) is 24.3 Å². The highest BCUT2D eigenvalue weighted by Crippen LogP contribution is 2.35. The molecule has 0 saturated carbocycles. The molecule has 0 bridgehead atoms. The van der Waals surface area contributed by atoms with E-state index in [0.29, 0.717) is 30.7 Å². The van der Waals surface area contributed by atoms with Crippen LogP contribution in [-0.4, -0.2) is 50.6 Å². The number of benzene rings is 1. The molecule has 3 aromatic rings. The Morgan fingerprint density at radius 2 is 1.95 bits per heavy atom. The quantitative estimate of drug-likeness (QED) is 0.417. The second-order valence-electron chi connectivity index (χ2n) is 10.2. The molecule has 5 rings (SSSR count). The van der Waals surface area contributed by atoms with Gasteiger partial charge in [0.05, 0.1) is 10.7 Å². The van der Waals surface area contributed by atoms with Crippen molar-refractivity contribution in [3.8, 4) is 0 Å². The molecule has 1 aliphatic carbocycles. The van der Waals surface area contributed by atoms with E-state index in [1.807, 2.05) is 0 Å². The standard InChI is InChI=1S/C27H32F3N5OS/c1-18-14-24(27(28,29)30)32-35(18)16-25(36)34-12-10-20(11-13-34)26-31-21(17-37-26)15-33(2)23-9-5-7-19-6-3-4-8-22(19)23/h3-4,6,8,14,17,20,23H,5,7,9-13,15-16H2,1-2H3. The first-order chi connectivity index (χ1) is 17.7. The summed E-state index contributed by atoms with van der Waals surface area (Å²) in [6, 6.07) is 10.1. The zero-order valence-corrected chi connectivity index (χ0v) is 22.0. The van der Waals surface area contributed by atoms with Crippen LogP contribution in [0.5, 0.6) is 0 Å². The van der Waals surface area contributed by atoms with Crippen molar-refractivity contribution in [1.29, 1.82) is 0 Å². The number of carbonyl (C=O) groups is 1. The van der Waals surface area contributed by atoms with Crippen LogP contribution in [0.3, 0.4) is 0 Å². The second-order valence-corrected chi connectivity index (χ2v) is 11.1. The minimum Gasteiger partial charge on any atom is -0.341 e. The minimum atomic E-state index is -4.51. The number of hydrogen-bond donors (Lipinski definition) is 0. The number of aromatic nitrogens is 3. The maximum atomic E-state index is 12.9. The van der Waals surface area contributed by atoms with Crippen molar-refractivity contribution in [3.05, 3.63) is 68.9 Å². The first-order valence-corrected chi connectivity index (χ1v) is 13.7. The summed E-state index contributed by atoms with van der Waals surface area (Å²) < 4.78 is 39.9. The summed E-state index contributed by atoms with van der Waals surface area (Å²) in [5, 5.41) is 6.84. The van der Waals surface area contributed by atoms with Crippen LogP contribution in [0, 0.1) is 6.92 Å². The third kappa shape index (κ3) is 5.75. The monoisotopic (exact) mass is 531 g/mol. The molecule has 1 atom stereocenters. The zero-order valence-electron chi connectivity index (χ0n) is 21.2. The van der Waals surface area contributed by atoms with Gasteiger partial charge in [0.15, 0.2) is 5.69 Å². The molecular weight excluding hydrogens is 499 g/mol. The Bertz CT molecular complexity index is 1240. The van der Waals surface area contributed by atoms with Gasteiger partial charge < -0.3 is 4.90 Å². The van der Waals surface area contributed by atoms with Crippen LogP contribution in [0.2, 0.25) is 0 Å². The number of amides is 1. The van der Waals surface area contributed by atoms with E-state index in [1.165, 1.54) is 24.5 Å². The maximum Gasteiger partial charge on any atom is 0.435 e. The topological polar surface area (TPSA) is 54.3 Å². The van der Waals surface area contributed by atoms with E-state index in [2.05, 4.69) is 46.7 Å². The lowest BCUT2D eigenvalue weighted by Gasteiger charge is -2.33. The Labute approximate surface area is 219 Å². The molecule has 3 heterocycles. The van der Waals surface area contributed by atoms with Gasteiger partial charge in [-0.2, -0.15) is 18.3 Å². The molecule has 1 aromatic carbocycles.